The van der Waals surface area contributed by atoms with Crippen molar-refractivity contribution in [1.29, 1.82) is 0 Å². The average Bonchev–Trinajstić information content (AvgIpc) is 2.39. The molecule has 0 saturated carbocycles. The van der Waals surface area contributed by atoms with Gasteiger partial charge in [-0.15, -0.1) is 11.6 Å². The summed E-state index contributed by atoms with van der Waals surface area (Å²) in [6.07, 6.45) is 1.72. The van der Waals surface area contributed by atoms with Crippen LogP contribution in [0, 0.1) is 5.92 Å². The van der Waals surface area contributed by atoms with E-state index in [1.165, 1.54) is 9.87 Å². The Bertz CT molecular complexity index is 462. The lowest BCUT2D eigenvalue weighted by atomic mass is 10.1. The molecule has 0 aliphatic heterocycles. The van der Waals surface area contributed by atoms with Gasteiger partial charge >= 0.3 is 0 Å². The van der Waals surface area contributed by atoms with Gasteiger partial charge in [-0.05, 0) is 24.3 Å². The number of sulfonamides is 1. The van der Waals surface area contributed by atoms with Crippen LogP contribution >= 0.6 is 11.6 Å². The molecule has 0 radical (unpaired) electrons. The van der Waals surface area contributed by atoms with Crippen LogP contribution in [0.2, 0.25) is 0 Å². The summed E-state index contributed by atoms with van der Waals surface area (Å²) in [6.45, 7) is 2.40. The van der Waals surface area contributed by atoms with Crippen LogP contribution in [0.3, 0.4) is 0 Å². The topological polar surface area (TPSA) is 37.4 Å². The number of aryl methyl sites for hydroxylation is 1. The first-order valence-corrected chi connectivity index (χ1v) is 8.64. The van der Waals surface area contributed by atoms with Crippen molar-refractivity contribution < 1.29 is 8.42 Å². The molecular weight excluding hydrogens is 282 g/mol. The Morgan fingerprint density at radius 1 is 1.26 bits per heavy atom. The molecule has 1 aromatic rings. The molecule has 108 valence electrons. The van der Waals surface area contributed by atoms with E-state index in [4.69, 9.17) is 11.6 Å². The fraction of sp³-hybridized carbons (Fsp3) is 0.571. The lowest BCUT2D eigenvalue weighted by molar-refractivity contribution is 0.455. The second-order valence-electron chi connectivity index (χ2n) is 4.95. The molecule has 0 aliphatic rings. The van der Waals surface area contributed by atoms with Gasteiger partial charge in [0, 0.05) is 19.5 Å². The van der Waals surface area contributed by atoms with Gasteiger partial charge in [-0.25, -0.2) is 12.7 Å². The highest BCUT2D eigenvalue weighted by Crippen LogP contribution is 2.09. The van der Waals surface area contributed by atoms with Crippen molar-refractivity contribution in [2.75, 3.05) is 25.2 Å². The molecule has 0 saturated heterocycles. The van der Waals surface area contributed by atoms with Gasteiger partial charge in [-0.2, -0.15) is 0 Å². The summed E-state index contributed by atoms with van der Waals surface area (Å²) in [7, 11) is -1.54. The molecule has 0 N–H and O–H groups in total. The lowest BCUT2D eigenvalue weighted by Crippen LogP contribution is -2.32. The van der Waals surface area contributed by atoms with E-state index in [-0.39, 0.29) is 11.7 Å². The second-order valence-corrected chi connectivity index (χ2v) is 7.38. The minimum Gasteiger partial charge on any atom is -0.212 e. The number of hydrogen-bond acceptors (Lipinski definition) is 2. The number of rotatable bonds is 8. The Morgan fingerprint density at radius 3 is 2.47 bits per heavy atom. The number of nitrogens with zero attached hydrogens (tertiary/aromatic N) is 1. The zero-order valence-electron chi connectivity index (χ0n) is 11.5. The van der Waals surface area contributed by atoms with Crippen molar-refractivity contribution in [2.24, 2.45) is 5.92 Å². The molecule has 1 unspecified atom stereocenters. The molecule has 19 heavy (non-hydrogen) atoms. The fourth-order valence-corrected chi connectivity index (χ4v) is 3.56. The quantitative estimate of drug-likeness (QED) is 0.693. The number of alkyl halides is 1. The predicted octanol–water partition coefficient (Wildman–Crippen LogP) is 2.76. The highest BCUT2D eigenvalue weighted by atomic mass is 35.5. The van der Waals surface area contributed by atoms with E-state index in [0.29, 0.717) is 12.4 Å². The van der Waals surface area contributed by atoms with E-state index in [9.17, 15) is 8.42 Å². The van der Waals surface area contributed by atoms with Crippen molar-refractivity contribution in [2.45, 2.75) is 19.8 Å². The standard InChI is InChI=1S/C14H22ClNO2S/c1-13(11-15)12-19(17,18)16(2)10-6-9-14-7-4-3-5-8-14/h3-5,7-8,13H,6,9-12H2,1-2H3. The molecule has 0 amide bonds. The Labute approximate surface area is 121 Å². The van der Waals surface area contributed by atoms with Crippen LogP contribution in [0.4, 0.5) is 0 Å². The van der Waals surface area contributed by atoms with Crippen LogP contribution in [0.5, 0.6) is 0 Å². The van der Waals surface area contributed by atoms with Crippen LogP contribution in [-0.4, -0.2) is 37.9 Å². The van der Waals surface area contributed by atoms with Crippen LogP contribution in [-0.2, 0) is 16.4 Å². The zero-order chi connectivity index (χ0) is 14.3. The first-order valence-electron chi connectivity index (χ1n) is 6.49. The third-order valence-corrected chi connectivity index (χ3v) is 5.66. The molecule has 1 aromatic carbocycles. The highest BCUT2D eigenvalue weighted by Gasteiger charge is 2.20. The maximum Gasteiger partial charge on any atom is 0.214 e. The SMILES string of the molecule is CC(CCl)CS(=O)(=O)N(C)CCCc1ccccc1. The first kappa shape index (κ1) is 16.5. The Hall–Kier alpha value is -0.580. The van der Waals surface area contributed by atoms with E-state index < -0.39 is 10.0 Å². The van der Waals surface area contributed by atoms with Gasteiger partial charge in [0.2, 0.25) is 10.0 Å². The summed E-state index contributed by atoms with van der Waals surface area (Å²) >= 11 is 5.66. The number of halogens is 1. The maximum atomic E-state index is 12.0. The molecule has 3 nitrogen and oxygen atoms in total. The van der Waals surface area contributed by atoms with Crippen LogP contribution in [0.25, 0.3) is 0 Å². The monoisotopic (exact) mass is 303 g/mol. The Morgan fingerprint density at radius 2 is 1.89 bits per heavy atom. The third kappa shape index (κ3) is 5.93. The number of hydrogen-bond donors (Lipinski definition) is 0. The predicted molar refractivity (Wildman–Crippen MR) is 81.1 cm³/mol. The van der Waals surface area contributed by atoms with E-state index in [1.54, 1.807) is 7.05 Å². The van der Waals surface area contributed by atoms with Crippen molar-refractivity contribution in [1.82, 2.24) is 4.31 Å². The van der Waals surface area contributed by atoms with E-state index in [2.05, 4.69) is 12.1 Å². The summed E-state index contributed by atoms with van der Waals surface area (Å²) in [6, 6.07) is 10.1. The first-order chi connectivity index (χ1) is 8.95. The van der Waals surface area contributed by atoms with Crippen LogP contribution in [0.1, 0.15) is 18.9 Å². The zero-order valence-corrected chi connectivity index (χ0v) is 13.1. The molecule has 0 fully saturated rings. The average molecular weight is 304 g/mol. The van der Waals surface area contributed by atoms with Gasteiger partial charge in [0.1, 0.15) is 0 Å². The molecule has 0 aliphatic carbocycles. The van der Waals surface area contributed by atoms with Gasteiger partial charge in [0.25, 0.3) is 0 Å². The van der Waals surface area contributed by atoms with Crippen molar-refractivity contribution in [3.63, 3.8) is 0 Å². The van der Waals surface area contributed by atoms with E-state index in [0.717, 1.165) is 12.8 Å². The lowest BCUT2D eigenvalue weighted by Gasteiger charge is -2.19. The van der Waals surface area contributed by atoms with Crippen molar-refractivity contribution in [3.05, 3.63) is 35.9 Å². The summed E-state index contributed by atoms with van der Waals surface area (Å²) in [4.78, 5) is 0. The van der Waals surface area contributed by atoms with Gasteiger partial charge in [0.05, 0.1) is 5.75 Å². The van der Waals surface area contributed by atoms with Crippen molar-refractivity contribution in [3.8, 4) is 0 Å². The molecule has 0 bridgehead atoms. The van der Waals surface area contributed by atoms with Gasteiger partial charge in [0.15, 0.2) is 0 Å². The van der Waals surface area contributed by atoms with Gasteiger partial charge < -0.3 is 0 Å². The third-order valence-electron chi connectivity index (χ3n) is 3.01. The van der Waals surface area contributed by atoms with Crippen molar-refractivity contribution >= 4 is 21.6 Å². The van der Waals surface area contributed by atoms with E-state index in [1.807, 2.05) is 25.1 Å². The van der Waals surface area contributed by atoms with Gasteiger partial charge in [-0.1, -0.05) is 37.3 Å². The molecule has 0 spiro atoms. The molecule has 0 heterocycles. The number of benzene rings is 1. The smallest absolute Gasteiger partial charge is 0.212 e. The summed E-state index contributed by atoms with van der Waals surface area (Å²) < 4.78 is 25.5. The van der Waals surface area contributed by atoms with Gasteiger partial charge in [-0.3, -0.25) is 0 Å². The maximum absolute atomic E-state index is 12.0. The summed E-state index contributed by atoms with van der Waals surface area (Å²) in [5, 5.41) is 0. The normalized spacial score (nSPS) is 13.7. The molecule has 1 atom stereocenters. The molecule has 5 heteroatoms. The van der Waals surface area contributed by atoms with E-state index >= 15 is 0 Å². The fourth-order valence-electron chi connectivity index (χ4n) is 1.82. The molecular formula is C14H22ClNO2S. The Balaban J connectivity index is 2.40. The summed E-state index contributed by atoms with van der Waals surface area (Å²) in [5.41, 5.74) is 1.24. The van der Waals surface area contributed by atoms with Crippen LogP contribution in [0.15, 0.2) is 30.3 Å². The second kappa shape index (κ2) is 7.88. The minimum absolute atomic E-state index is 0.0109. The summed E-state index contributed by atoms with van der Waals surface area (Å²) in [5.74, 6) is 0.485. The highest BCUT2D eigenvalue weighted by molar-refractivity contribution is 7.89. The molecule has 0 aromatic heterocycles. The largest absolute Gasteiger partial charge is 0.214 e. The Kier molecular flexibility index (Phi) is 6.83. The minimum atomic E-state index is -3.18. The van der Waals surface area contributed by atoms with Crippen LogP contribution < -0.4 is 0 Å². The molecule has 1 rings (SSSR count).